The summed E-state index contributed by atoms with van der Waals surface area (Å²) in [5, 5.41) is 15.3. The van der Waals surface area contributed by atoms with Crippen LogP contribution >= 0.6 is 23.2 Å². The molecule has 2 aromatic carbocycles. The minimum Gasteiger partial charge on any atom is -0.497 e. The van der Waals surface area contributed by atoms with E-state index >= 15 is 0 Å². The maximum atomic E-state index is 10.8. The van der Waals surface area contributed by atoms with E-state index in [4.69, 9.17) is 33.0 Å². The van der Waals surface area contributed by atoms with Crippen LogP contribution in [0.25, 0.3) is 17.0 Å². The molecule has 1 heterocycles. The number of halogens is 2. The lowest BCUT2D eigenvalue weighted by molar-refractivity contribution is -0.131. The molecule has 0 bridgehead atoms. The van der Waals surface area contributed by atoms with Gasteiger partial charge in [0.15, 0.2) is 0 Å². The molecule has 0 saturated carbocycles. The van der Waals surface area contributed by atoms with Crippen LogP contribution in [0, 0.1) is 0 Å². The molecule has 0 saturated heterocycles. The third kappa shape index (κ3) is 3.78. The van der Waals surface area contributed by atoms with Gasteiger partial charge in [0.1, 0.15) is 5.75 Å². The van der Waals surface area contributed by atoms with E-state index in [-0.39, 0.29) is 0 Å². The molecular weight excluding hydrogens is 363 g/mol. The summed E-state index contributed by atoms with van der Waals surface area (Å²) in [7, 11) is 1.59. The molecule has 128 valence electrons. The Balaban J connectivity index is 2.10. The van der Waals surface area contributed by atoms with Gasteiger partial charge in [0, 0.05) is 27.6 Å². The number of hydrogen-bond donors (Lipinski definition) is 1. The van der Waals surface area contributed by atoms with Gasteiger partial charge in [-0.1, -0.05) is 29.3 Å². The van der Waals surface area contributed by atoms with Gasteiger partial charge in [-0.25, -0.2) is 4.79 Å². The van der Waals surface area contributed by atoms with Gasteiger partial charge in [-0.2, -0.15) is 5.10 Å². The van der Waals surface area contributed by atoms with Crippen molar-refractivity contribution < 1.29 is 14.6 Å². The van der Waals surface area contributed by atoms with Crippen LogP contribution in [0.3, 0.4) is 0 Å². The minimum absolute atomic E-state index is 0.417. The van der Waals surface area contributed by atoms with Gasteiger partial charge in [0.2, 0.25) is 0 Å². The molecule has 0 radical (unpaired) electrons. The van der Waals surface area contributed by atoms with Crippen molar-refractivity contribution in [2.75, 3.05) is 7.11 Å². The molecule has 0 spiro atoms. The summed E-state index contributed by atoms with van der Waals surface area (Å²) < 4.78 is 7.04. The number of carbonyl (C=O) groups is 1. The van der Waals surface area contributed by atoms with Crippen LogP contribution in [-0.2, 0) is 11.3 Å². The molecule has 0 aliphatic heterocycles. The molecule has 7 heteroatoms. The predicted molar refractivity (Wildman–Crippen MR) is 98.5 cm³/mol. The highest BCUT2D eigenvalue weighted by Gasteiger charge is 2.12. The van der Waals surface area contributed by atoms with E-state index in [2.05, 4.69) is 5.10 Å². The van der Waals surface area contributed by atoms with Gasteiger partial charge in [0.25, 0.3) is 0 Å². The Morgan fingerprint density at radius 1 is 1.28 bits per heavy atom. The zero-order chi connectivity index (χ0) is 18.0. The molecule has 0 aliphatic carbocycles. The molecule has 3 aromatic rings. The van der Waals surface area contributed by atoms with Crippen molar-refractivity contribution in [1.29, 1.82) is 0 Å². The van der Waals surface area contributed by atoms with E-state index in [1.807, 2.05) is 24.3 Å². The zero-order valence-electron chi connectivity index (χ0n) is 13.2. The summed E-state index contributed by atoms with van der Waals surface area (Å²) in [5.74, 6) is -0.346. The first-order chi connectivity index (χ1) is 12.0. The molecule has 0 unspecified atom stereocenters. The second-order valence-electron chi connectivity index (χ2n) is 5.33. The minimum atomic E-state index is -1.03. The Morgan fingerprint density at radius 2 is 2.08 bits per heavy atom. The Kier molecular flexibility index (Phi) is 4.97. The van der Waals surface area contributed by atoms with Crippen molar-refractivity contribution >= 4 is 46.2 Å². The summed E-state index contributed by atoms with van der Waals surface area (Å²) in [6.07, 6.45) is 2.53. The first kappa shape index (κ1) is 17.3. The number of aliphatic carboxylic acids is 1. The lowest BCUT2D eigenvalue weighted by atomic mass is 10.2. The quantitative estimate of drug-likeness (QED) is 0.665. The van der Waals surface area contributed by atoms with Crippen molar-refractivity contribution in [3.8, 4) is 5.75 Å². The van der Waals surface area contributed by atoms with Gasteiger partial charge in [-0.05, 0) is 35.9 Å². The highest BCUT2D eigenvalue weighted by atomic mass is 35.5. The van der Waals surface area contributed by atoms with Crippen LogP contribution < -0.4 is 4.74 Å². The fourth-order valence-electron chi connectivity index (χ4n) is 2.51. The predicted octanol–water partition coefficient (Wildman–Crippen LogP) is 4.50. The number of fused-ring (bicyclic) bond motifs is 1. The molecule has 0 amide bonds. The van der Waals surface area contributed by atoms with Crippen LogP contribution in [0.4, 0.5) is 0 Å². The first-order valence-electron chi connectivity index (χ1n) is 7.37. The van der Waals surface area contributed by atoms with Crippen LogP contribution in [0.5, 0.6) is 5.75 Å². The average molecular weight is 377 g/mol. The Hall–Kier alpha value is -2.50. The number of carboxylic acids is 1. The number of aromatic nitrogens is 2. The smallest absolute Gasteiger partial charge is 0.328 e. The Labute approximate surface area is 154 Å². The summed E-state index contributed by atoms with van der Waals surface area (Å²) in [6, 6.07) is 10.8. The number of nitrogens with zero attached hydrogens (tertiary/aromatic N) is 2. The molecule has 0 fully saturated rings. The topological polar surface area (TPSA) is 64.3 Å². The van der Waals surface area contributed by atoms with Gasteiger partial charge in [-0.3, -0.25) is 4.68 Å². The third-order valence-corrected chi connectivity index (χ3v) is 4.29. The van der Waals surface area contributed by atoms with E-state index in [0.29, 0.717) is 28.0 Å². The molecule has 0 atom stereocenters. The van der Waals surface area contributed by atoms with E-state index in [1.165, 1.54) is 6.08 Å². The van der Waals surface area contributed by atoms with Gasteiger partial charge in [-0.15, -0.1) is 0 Å². The summed E-state index contributed by atoms with van der Waals surface area (Å²) in [4.78, 5) is 10.8. The Morgan fingerprint density at radius 3 is 2.76 bits per heavy atom. The molecular formula is C18H14Cl2N2O3. The number of rotatable bonds is 5. The van der Waals surface area contributed by atoms with Crippen LogP contribution in [-0.4, -0.2) is 28.0 Å². The first-order valence-corrected chi connectivity index (χ1v) is 8.13. The van der Waals surface area contributed by atoms with Crippen LogP contribution in [0.1, 0.15) is 11.3 Å². The van der Waals surface area contributed by atoms with Crippen LogP contribution in [0.15, 0.2) is 42.5 Å². The zero-order valence-corrected chi connectivity index (χ0v) is 14.8. The fraction of sp³-hybridized carbons (Fsp3) is 0.111. The average Bonchev–Trinajstić information content (AvgIpc) is 2.92. The van der Waals surface area contributed by atoms with Crippen molar-refractivity contribution in [3.05, 3.63) is 63.8 Å². The monoisotopic (exact) mass is 376 g/mol. The van der Waals surface area contributed by atoms with Gasteiger partial charge < -0.3 is 9.84 Å². The van der Waals surface area contributed by atoms with Gasteiger partial charge in [0.05, 0.1) is 24.9 Å². The molecule has 1 aromatic heterocycles. The highest BCUT2D eigenvalue weighted by Crippen LogP contribution is 2.27. The normalized spacial score (nSPS) is 11.3. The molecule has 25 heavy (non-hydrogen) atoms. The molecule has 5 nitrogen and oxygen atoms in total. The second-order valence-corrected chi connectivity index (χ2v) is 6.18. The van der Waals surface area contributed by atoms with E-state index in [9.17, 15) is 4.79 Å². The largest absolute Gasteiger partial charge is 0.497 e. The van der Waals surface area contributed by atoms with E-state index < -0.39 is 5.97 Å². The second kappa shape index (κ2) is 7.17. The maximum Gasteiger partial charge on any atom is 0.328 e. The maximum absolute atomic E-state index is 10.8. The number of carboxylic acid groups (broad SMARTS) is 1. The molecule has 0 aliphatic rings. The SMILES string of the molecule is COc1ccc2c(C=CC(=O)O)nn(Cc3ccc(Cl)cc3Cl)c2c1. The van der Waals surface area contributed by atoms with Crippen molar-refractivity contribution in [3.63, 3.8) is 0 Å². The van der Waals surface area contributed by atoms with Crippen molar-refractivity contribution in [2.24, 2.45) is 0 Å². The third-order valence-electron chi connectivity index (χ3n) is 3.71. The number of hydrogen-bond acceptors (Lipinski definition) is 3. The molecule has 1 N–H and O–H groups in total. The van der Waals surface area contributed by atoms with Crippen molar-refractivity contribution in [2.45, 2.75) is 6.54 Å². The van der Waals surface area contributed by atoms with E-state index in [1.54, 1.807) is 23.9 Å². The lowest BCUT2D eigenvalue weighted by Gasteiger charge is -2.07. The highest BCUT2D eigenvalue weighted by molar-refractivity contribution is 6.35. The standard InChI is InChI=1S/C18H14Cl2N2O3/c1-25-13-4-5-14-16(6-7-18(23)24)21-22(17(14)9-13)10-11-2-3-12(19)8-15(11)20/h2-9H,10H2,1H3,(H,23,24). The number of benzene rings is 2. The lowest BCUT2D eigenvalue weighted by Crippen LogP contribution is -2.02. The number of ether oxygens (including phenoxy) is 1. The summed E-state index contributed by atoms with van der Waals surface area (Å²) in [6.45, 7) is 0.417. The summed E-state index contributed by atoms with van der Waals surface area (Å²) in [5.41, 5.74) is 2.23. The summed E-state index contributed by atoms with van der Waals surface area (Å²) >= 11 is 12.2. The Bertz CT molecular complexity index is 980. The van der Waals surface area contributed by atoms with Crippen molar-refractivity contribution in [1.82, 2.24) is 9.78 Å². The van der Waals surface area contributed by atoms with Gasteiger partial charge >= 0.3 is 5.97 Å². The van der Waals surface area contributed by atoms with Crippen LogP contribution in [0.2, 0.25) is 10.0 Å². The van der Waals surface area contributed by atoms with E-state index in [0.717, 1.165) is 22.5 Å². The number of methoxy groups -OCH3 is 1. The molecule has 3 rings (SSSR count). The fourth-order valence-corrected chi connectivity index (χ4v) is 2.98.